The van der Waals surface area contributed by atoms with Gasteiger partial charge in [-0.3, -0.25) is 24.0 Å². The molecule has 0 unspecified atom stereocenters. The van der Waals surface area contributed by atoms with Crippen molar-refractivity contribution in [2.45, 2.75) is 34.6 Å². The molecule has 14 nitrogen and oxygen atoms in total. The summed E-state index contributed by atoms with van der Waals surface area (Å²) in [4.78, 5) is 45.0. The second-order valence-electron chi connectivity index (χ2n) is 2.60. The van der Waals surface area contributed by atoms with E-state index in [1.165, 1.54) is 0 Å². The summed E-state index contributed by atoms with van der Waals surface area (Å²) in [5, 5.41) is 37.1. The van der Waals surface area contributed by atoms with Crippen LogP contribution in [0, 0.1) is 0 Å². The van der Waals surface area contributed by atoms with Crippen LogP contribution in [-0.4, -0.2) is 60.9 Å². The molecule has 0 saturated carbocycles. The highest BCUT2D eigenvalue weighted by molar-refractivity contribution is 5.63. The molecule has 0 aliphatic carbocycles. The molecule has 0 atom stereocenters. The lowest BCUT2D eigenvalue weighted by Gasteiger charge is -1.59. The van der Waals surface area contributed by atoms with Crippen LogP contribution in [0.25, 0.3) is 0 Å². The van der Waals surface area contributed by atoms with Crippen molar-refractivity contribution in [1.29, 1.82) is 0 Å². The molecule has 0 rings (SSSR count). The molecule has 0 aliphatic heterocycles. The first-order chi connectivity index (χ1) is 8.66. The van der Waals surface area contributed by atoms with Gasteiger partial charge >= 0.3 is 0 Å². The van der Waals surface area contributed by atoms with E-state index in [0.29, 0.717) is 0 Å². The highest BCUT2D eigenvalue weighted by Gasteiger charge is 1.66. The predicted molar refractivity (Wildman–Crippen MR) is 85.2 cm³/mol. The standard InChI is InChI=1S/5C2H4O2.3H3N.H2O/c5*1-2(3)4;;;;/h5*1H3,(H,3,4);3*1H3;1H2. The number of hydrogen-bond donors (Lipinski definition) is 8. The van der Waals surface area contributed by atoms with E-state index >= 15 is 0 Å². The van der Waals surface area contributed by atoms with Crippen molar-refractivity contribution < 1.29 is 55.0 Å². The van der Waals surface area contributed by atoms with Crippen LogP contribution in [0.15, 0.2) is 0 Å². The molecular formula is C10H31N3O11. The maximum absolute atomic E-state index is 9.00. The highest BCUT2D eigenvalue weighted by atomic mass is 16.4. The fourth-order valence-electron chi connectivity index (χ4n) is 0. The molecule has 0 saturated heterocycles. The maximum atomic E-state index is 9.00. The third-order valence-electron chi connectivity index (χ3n) is 0. The average Bonchev–Trinajstić information content (AvgIpc) is 1.94. The summed E-state index contributed by atoms with van der Waals surface area (Å²) in [5.74, 6) is -4.17. The van der Waals surface area contributed by atoms with E-state index in [9.17, 15) is 0 Å². The largest absolute Gasteiger partial charge is 0.481 e. The lowest BCUT2D eigenvalue weighted by Crippen LogP contribution is -1.78. The Balaban J connectivity index is -0.0000000161. The Morgan fingerprint density at radius 2 is 0.417 bits per heavy atom. The molecule has 0 radical (unpaired) electrons. The van der Waals surface area contributed by atoms with Gasteiger partial charge < -0.3 is 49.5 Å². The molecule has 0 bridgehead atoms. The van der Waals surface area contributed by atoms with Crippen molar-refractivity contribution >= 4 is 29.8 Å². The third kappa shape index (κ3) is 804. The van der Waals surface area contributed by atoms with E-state index in [-0.39, 0.29) is 23.9 Å². The number of carboxylic acids is 5. The van der Waals surface area contributed by atoms with E-state index in [2.05, 4.69) is 0 Å². The number of carboxylic acid groups (broad SMARTS) is 5. The molecule has 0 aromatic carbocycles. The molecule has 16 N–H and O–H groups in total. The molecule has 0 aromatic heterocycles. The molecule has 0 aliphatic rings. The fraction of sp³-hybridized carbons (Fsp3) is 0.500. The van der Waals surface area contributed by atoms with E-state index in [0.717, 1.165) is 34.6 Å². The Bertz CT molecular complexity index is 219. The molecule has 152 valence electrons. The van der Waals surface area contributed by atoms with Gasteiger partial charge in [0.1, 0.15) is 0 Å². The van der Waals surface area contributed by atoms with Gasteiger partial charge in [0.15, 0.2) is 0 Å². The first kappa shape index (κ1) is 58.1. The third-order valence-corrected chi connectivity index (χ3v) is 0. The first-order valence-corrected chi connectivity index (χ1v) is 4.64. The Labute approximate surface area is 139 Å². The minimum atomic E-state index is -0.833. The van der Waals surface area contributed by atoms with Gasteiger partial charge in [-0.2, -0.15) is 0 Å². The van der Waals surface area contributed by atoms with Gasteiger partial charge in [0.2, 0.25) is 0 Å². The molecule has 0 amide bonds. The zero-order valence-electron chi connectivity index (χ0n) is 14.4. The minimum absolute atomic E-state index is 0. The Morgan fingerprint density at radius 3 is 0.417 bits per heavy atom. The number of rotatable bonds is 0. The zero-order valence-corrected chi connectivity index (χ0v) is 14.4. The molecule has 0 heterocycles. The number of hydrogen-bond acceptors (Lipinski definition) is 8. The molecule has 0 fully saturated rings. The maximum Gasteiger partial charge on any atom is 0.300 e. The van der Waals surface area contributed by atoms with Crippen molar-refractivity contribution in [1.82, 2.24) is 18.5 Å². The van der Waals surface area contributed by atoms with E-state index in [1.54, 1.807) is 0 Å². The summed E-state index contributed by atoms with van der Waals surface area (Å²) in [6.45, 7) is 5.42. The number of aliphatic carboxylic acids is 5. The van der Waals surface area contributed by atoms with Crippen LogP contribution < -0.4 is 18.5 Å². The first-order valence-electron chi connectivity index (χ1n) is 4.64. The summed E-state index contributed by atoms with van der Waals surface area (Å²) in [6, 6.07) is 0. The molecular weight excluding hydrogens is 338 g/mol. The second-order valence-corrected chi connectivity index (χ2v) is 2.60. The summed E-state index contributed by atoms with van der Waals surface area (Å²) in [5.41, 5.74) is 0. The van der Waals surface area contributed by atoms with Crippen LogP contribution in [0.2, 0.25) is 0 Å². The molecule has 24 heavy (non-hydrogen) atoms. The van der Waals surface area contributed by atoms with Gasteiger partial charge in [0.25, 0.3) is 29.8 Å². The Kier molecular flexibility index (Phi) is 121. The SMILES string of the molecule is CC(=O)O.CC(=O)O.CC(=O)O.CC(=O)O.CC(=O)O.N.N.N.O. The Morgan fingerprint density at radius 1 is 0.417 bits per heavy atom. The van der Waals surface area contributed by atoms with Crippen LogP contribution in [0.5, 0.6) is 0 Å². The van der Waals surface area contributed by atoms with Gasteiger partial charge in [0, 0.05) is 34.6 Å². The van der Waals surface area contributed by atoms with Gasteiger partial charge in [-0.15, -0.1) is 0 Å². The summed E-state index contributed by atoms with van der Waals surface area (Å²) >= 11 is 0. The minimum Gasteiger partial charge on any atom is -0.481 e. The van der Waals surface area contributed by atoms with E-state index < -0.39 is 29.8 Å². The van der Waals surface area contributed by atoms with Crippen LogP contribution in [0.4, 0.5) is 0 Å². The summed E-state index contributed by atoms with van der Waals surface area (Å²) in [6.07, 6.45) is 0. The second kappa shape index (κ2) is 50.0. The lowest BCUT2D eigenvalue weighted by atomic mass is 10.9. The van der Waals surface area contributed by atoms with E-state index in [1.807, 2.05) is 0 Å². The van der Waals surface area contributed by atoms with Gasteiger partial charge in [0.05, 0.1) is 0 Å². The van der Waals surface area contributed by atoms with E-state index in [4.69, 9.17) is 49.5 Å². The summed E-state index contributed by atoms with van der Waals surface area (Å²) in [7, 11) is 0. The van der Waals surface area contributed by atoms with Crippen LogP contribution in [0.3, 0.4) is 0 Å². The Hall–Kier alpha value is -2.81. The van der Waals surface area contributed by atoms with Crippen molar-refractivity contribution in [3.8, 4) is 0 Å². The van der Waals surface area contributed by atoms with Gasteiger partial charge in [-0.25, -0.2) is 0 Å². The number of carbonyl (C=O) groups is 5. The van der Waals surface area contributed by atoms with Crippen molar-refractivity contribution in [2.75, 3.05) is 0 Å². The van der Waals surface area contributed by atoms with Gasteiger partial charge in [-0.1, -0.05) is 0 Å². The van der Waals surface area contributed by atoms with Crippen LogP contribution >= 0.6 is 0 Å². The molecule has 14 heteroatoms. The lowest BCUT2D eigenvalue weighted by molar-refractivity contribution is -0.135. The van der Waals surface area contributed by atoms with Crippen molar-refractivity contribution in [3.63, 3.8) is 0 Å². The fourth-order valence-corrected chi connectivity index (χ4v) is 0. The predicted octanol–water partition coefficient (Wildman–Crippen LogP) is 0.116. The zero-order chi connectivity index (χ0) is 17.9. The quantitative estimate of drug-likeness (QED) is 0.281. The molecule has 0 spiro atoms. The smallest absolute Gasteiger partial charge is 0.300 e. The van der Waals surface area contributed by atoms with Crippen LogP contribution in [-0.2, 0) is 24.0 Å². The van der Waals surface area contributed by atoms with Gasteiger partial charge in [-0.05, 0) is 0 Å². The van der Waals surface area contributed by atoms with Crippen LogP contribution in [0.1, 0.15) is 34.6 Å². The molecule has 0 aromatic rings. The van der Waals surface area contributed by atoms with Crippen molar-refractivity contribution in [2.24, 2.45) is 0 Å². The van der Waals surface area contributed by atoms with Crippen molar-refractivity contribution in [3.05, 3.63) is 0 Å². The monoisotopic (exact) mass is 369 g/mol. The summed E-state index contributed by atoms with van der Waals surface area (Å²) < 4.78 is 0. The average molecular weight is 369 g/mol. The topological polar surface area (TPSA) is 323 Å². The normalized spacial score (nSPS) is 5.21. The highest BCUT2D eigenvalue weighted by Crippen LogP contribution is 1.43.